The number of nitrogens with zero attached hydrogens (tertiary/aromatic N) is 2. The standard InChI is InChI=1S/C12H20ClN3/c1-5-10-6-12(16-9(4)15-10)14-7-11(13)8(2)3/h6,8,11H,5,7H2,1-4H3,(H,14,15,16). The predicted molar refractivity (Wildman–Crippen MR) is 69.1 cm³/mol. The van der Waals surface area contributed by atoms with Crippen LogP contribution in [0.3, 0.4) is 0 Å². The monoisotopic (exact) mass is 241 g/mol. The second-order valence-corrected chi connectivity index (χ2v) is 4.85. The summed E-state index contributed by atoms with van der Waals surface area (Å²) in [4.78, 5) is 8.66. The Hall–Kier alpha value is -0.830. The lowest BCUT2D eigenvalue weighted by Gasteiger charge is -2.15. The molecule has 0 saturated carbocycles. The van der Waals surface area contributed by atoms with Crippen LogP contribution in [0.25, 0.3) is 0 Å². The first-order valence-corrected chi connectivity index (χ1v) is 6.19. The lowest BCUT2D eigenvalue weighted by atomic mass is 10.1. The van der Waals surface area contributed by atoms with Gasteiger partial charge in [0.2, 0.25) is 0 Å². The van der Waals surface area contributed by atoms with E-state index in [1.54, 1.807) is 0 Å². The Labute approximate surface area is 103 Å². The highest BCUT2D eigenvalue weighted by molar-refractivity contribution is 6.21. The van der Waals surface area contributed by atoms with E-state index in [2.05, 4.69) is 36.1 Å². The van der Waals surface area contributed by atoms with E-state index >= 15 is 0 Å². The van der Waals surface area contributed by atoms with Crippen LogP contribution in [0.4, 0.5) is 5.82 Å². The quantitative estimate of drug-likeness (QED) is 0.806. The Morgan fingerprint density at radius 3 is 2.62 bits per heavy atom. The van der Waals surface area contributed by atoms with Crippen molar-refractivity contribution in [3.8, 4) is 0 Å². The molecule has 0 bridgehead atoms. The number of halogens is 1. The number of hydrogen-bond acceptors (Lipinski definition) is 3. The predicted octanol–water partition coefficient (Wildman–Crippen LogP) is 3.02. The van der Waals surface area contributed by atoms with Gasteiger partial charge in [0.1, 0.15) is 11.6 Å². The van der Waals surface area contributed by atoms with E-state index in [1.807, 2.05) is 13.0 Å². The van der Waals surface area contributed by atoms with Gasteiger partial charge in [0.15, 0.2) is 0 Å². The summed E-state index contributed by atoms with van der Waals surface area (Å²) in [5.41, 5.74) is 1.06. The SMILES string of the molecule is CCc1cc(NCC(Cl)C(C)C)nc(C)n1. The highest BCUT2D eigenvalue weighted by Gasteiger charge is 2.09. The zero-order chi connectivity index (χ0) is 12.1. The fraction of sp³-hybridized carbons (Fsp3) is 0.667. The average molecular weight is 242 g/mol. The summed E-state index contributed by atoms with van der Waals surface area (Å²) in [7, 11) is 0. The number of aryl methyl sites for hydroxylation is 2. The molecule has 0 fully saturated rings. The molecular weight excluding hydrogens is 222 g/mol. The number of rotatable bonds is 5. The Balaban J connectivity index is 2.63. The fourth-order valence-electron chi connectivity index (χ4n) is 1.34. The van der Waals surface area contributed by atoms with Gasteiger partial charge in [-0.25, -0.2) is 9.97 Å². The molecular formula is C12H20ClN3. The lowest BCUT2D eigenvalue weighted by Crippen LogP contribution is -2.20. The Morgan fingerprint density at radius 1 is 1.38 bits per heavy atom. The molecule has 1 unspecified atom stereocenters. The number of aromatic nitrogens is 2. The molecule has 0 aliphatic carbocycles. The molecule has 0 aliphatic heterocycles. The van der Waals surface area contributed by atoms with Crippen molar-refractivity contribution >= 4 is 17.4 Å². The molecule has 0 amide bonds. The van der Waals surface area contributed by atoms with Crippen molar-refractivity contribution in [2.24, 2.45) is 5.92 Å². The lowest BCUT2D eigenvalue weighted by molar-refractivity contribution is 0.615. The molecule has 0 spiro atoms. The maximum atomic E-state index is 6.17. The van der Waals surface area contributed by atoms with Crippen LogP contribution in [-0.4, -0.2) is 21.9 Å². The minimum absolute atomic E-state index is 0.125. The summed E-state index contributed by atoms with van der Waals surface area (Å²) in [6, 6.07) is 1.98. The van der Waals surface area contributed by atoms with Crippen LogP contribution >= 0.6 is 11.6 Å². The maximum absolute atomic E-state index is 6.17. The van der Waals surface area contributed by atoms with Gasteiger partial charge >= 0.3 is 0 Å². The molecule has 0 saturated heterocycles. The van der Waals surface area contributed by atoms with Crippen LogP contribution in [0.2, 0.25) is 0 Å². The summed E-state index contributed by atoms with van der Waals surface area (Å²) in [5, 5.41) is 3.38. The van der Waals surface area contributed by atoms with Crippen molar-refractivity contribution in [1.29, 1.82) is 0 Å². The van der Waals surface area contributed by atoms with Crippen molar-refractivity contribution in [3.63, 3.8) is 0 Å². The van der Waals surface area contributed by atoms with Gasteiger partial charge in [-0.1, -0.05) is 20.8 Å². The van der Waals surface area contributed by atoms with E-state index in [0.717, 1.165) is 30.3 Å². The van der Waals surface area contributed by atoms with E-state index in [-0.39, 0.29) is 5.38 Å². The molecule has 0 radical (unpaired) electrons. The number of nitrogens with one attached hydrogen (secondary N) is 1. The number of alkyl halides is 1. The molecule has 1 aromatic heterocycles. The molecule has 0 aromatic carbocycles. The first-order chi connectivity index (χ1) is 7.52. The molecule has 1 N–H and O–H groups in total. The zero-order valence-electron chi connectivity index (χ0n) is 10.4. The van der Waals surface area contributed by atoms with Crippen molar-refractivity contribution in [1.82, 2.24) is 9.97 Å². The van der Waals surface area contributed by atoms with Gasteiger partial charge in [-0.2, -0.15) is 0 Å². The second kappa shape index (κ2) is 6.04. The van der Waals surface area contributed by atoms with Crippen molar-refractivity contribution in [2.75, 3.05) is 11.9 Å². The van der Waals surface area contributed by atoms with Crippen LogP contribution in [0.5, 0.6) is 0 Å². The summed E-state index contributed by atoms with van der Waals surface area (Å²) >= 11 is 6.17. The third-order valence-corrected chi connectivity index (χ3v) is 3.11. The second-order valence-electron chi connectivity index (χ2n) is 4.29. The third-order valence-electron chi connectivity index (χ3n) is 2.45. The van der Waals surface area contributed by atoms with Gasteiger partial charge in [-0.3, -0.25) is 0 Å². The minimum atomic E-state index is 0.125. The number of anilines is 1. The smallest absolute Gasteiger partial charge is 0.129 e. The van der Waals surface area contributed by atoms with Gasteiger partial charge in [-0.15, -0.1) is 11.6 Å². The van der Waals surface area contributed by atoms with Crippen LogP contribution < -0.4 is 5.32 Å². The van der Waals surface area contributed by atoms with Gasteiger partial charge in [0.25, 0.3) is 0 Å². The molecule has 4 heteroatoms. The Morgan fingerprint density at radius 2 is 2.06 bits per heavy atom. The topological polar surface area (TPSA) is 37.8 Å². The fourth-order valence-corrected chi connectivity index (χ4v) is 1.42. The normalized spacial score (nSPS) is 12.9. The van der Waals surface area contributed by atoms with E-state index in [4.69, 9.17) is 11.6 Å². The molecule has 16 heavy (non-hydrogen) atoms. The summed E-state index contributed by atoms with van der Waals surface area (Å²) in [6.07, 6.45) is 0.923. The molecule has 1 atom stereocenters. The molecule has 90 valence electrons. The van der Waals surface area contributed by atoms with Crippen molar-refractivity contribution < 1.29 is 0 Å². The molecule has 1 aromatic rings. The van der Waals surface area contributed by atoms with Gasteiger partial charge < -0.3 is 5.32 Å². The highest BCUT2D eigenvalue weighted by Crippen LogP contribution is 2.12. The van der Waals surface area contributed by atoms with Crippen LogP contribution in [0.15, 0.2) is 6.07 Å². The first-order valence-electron chi connectivity index (χ1n) is 5.75. The summed E-state index contributed by atoms with van der Waals surface area (Å²) in [6.45, 7) is 8.96. The van der Waals surface area contributed by atoms with Crippen LogP contribution in [0, 0.1) is 12.8 Å². The first kappa shape index (κ1) is 13.2. The molecule has 1 rings (SSSR count). The van der Waals surface area contributed by atoms with Crippen LogP contribution in [-0.2, 0) is 6.42 Å². The minimum Gasteiger partial charge on any atom is -0.368 e. The number of hydrogen-bond donors (Lipinski definition) is 1. The van der Waals surface area contributed by atoms with Crippen molar-refractivity contribution in [3.05, 3.63) is 17.6 Å². The summed E-state index contributed by atoms with van der Waals surface area (Å²) in [5.74, 6) is 2.14. The van der Waals surface area contributed by atoms with Crippen LogP contribution in [0.1, 0.15) is 32.3 Å². The average Bonchev–Trinajstić information content (AvgIpc) is 2.24. The van der Waals surface area contributed by atoms with Gasteiger partial charge in [0.05, 0.1) is 5.38 Å². The van der Waals surface area contributed by atoms with Gasteiger partial charge in [-0.05, 0) is 19.3 Å². The van der Waals surface area contributed by atoms with Gasteiger partial charge in [0, 0.05) is 18.3 Å². The molecule has 1 heterocycles. The van der Waals surface area contributed by atoms with E-state index in [0.29, 0.717) is 5.92 Å². The Kier molecular flexibility index (Phi) is 5.00. The van der Waals surface area contributed by atoms with E-state index < -0.39 is 0 Å². The van der Waals surface area contributed by atoms with E-state index in [9.17, 15) is 0 Å². The molecule has 0 aliphatic rings. The third kappa shape index (κ3) is 3.97. The zero-order valence-corrected chi connectivity index (χ0v) is 11.2. The largest absolute Gasteiger partial charge is 0.368 e. The van der Waals surface area contributed by atoms with Crippen molar-refractivity contribution in [2.45, 2.75) is 39.5 Å². The summed E-state index contributed by atoms with van der Waals surface area (Å²) < 4.78 is 0. The molecule has 3 nitrogen and oxygen atoms in total. The highest BCUT2D eigenvalue weighted by atomic mass is 35.5. The maximum Gasteiger partial charge on any atom is 0.129 e. The van der Waals surface area contributed by atoms with E-state index in [1.165, 1.54) is 0 Å². The Bertz CT molecular complexity index is 339.